The van der Waals surface area contributed by atoms with E-state index in [0.29, 0.717) is 22.4 Å². The molecule has 7 nitrogen and oxygen atoms in total. The molecule has 0 aliphatic carbocycles. The number of nitrogens with one attached hydrogen (secondary N) is 2. The summed E-state index contributed by atoms with van der Waals surface area (Å²) in [5.41, 5.74) is 4.34. The summed E-state index contributed by atoms with van der Waals surface area (Å²) in [5, 5.41) is 25.2. The number of benzene rings is 3. The molecular formula is C21H17N3O4. The molecule has 0 fully saturated rings. The maximum atomic E-state index is 12.1. The van der Waals surface area contributed by atoms with E-state index in [1.807, 2.05) is 6.07 Å². The highest BCUT2D eigenvalue weighted by Crippen LogP contribution is 2.23. The molecule has 0 saturated heterocycles. The SMILES string of the molecule is O=C(N/N=C\c1ccc(O)c(O)c1)c1ccc(NC(=O)c2ccccc2)cc1. The van der Waals surface area contributed by atoms with E-state index in [1.165, 1.54) is 24.4 Å². The van der Waals surface area contributed by atoms with Crippen LogP contribution in [0, 0.1) is 0 Å². The first kappa shape index (κ1) is 18.7. The Labute approximate surface area is 161 Å². The van der Waals surface area contributed by atoms with Crippen molar-refractivity contribution >= 4 is 23.7 Å². The predicted molar refractivity (Wildman–Crippen MR) is 106 cm³/mol. The first-order chi connectivity index (χ1) is 13.5. The molecule has 0 aromatic heterocycles. The van der Waals surface area contributed by atoms with Gasteiger partial charge in [-0.2, -0.15) is 5.10 Å². The number of hydrogen-bond acceptors (Lipinski definition) is 5. The van der Waals surface area contributed by atoms with Gasteiger partial charge in [-0.25, -0.2) is 5.43 Å². The van der Waals surface area contributed by atoms with Gasteiger partial charge in [-0.3, -0.25) is 9.59 Å². The molecule has 0 aliphatic rings. The Hall–Kier alpha value is -4.13. The third kappa shape index (κ3) is 4.73. The van der Waals surface area contributed by atoms with Gasteiger partial charge in [0, 0.05) is 16.8 Å². The molecule has 3 rings (SSSR count). The highest BCUT2D eigenvalue weighted by atomic mass is 16.3. The van der Waals surface area contributed by atoms with Gasteiger partial charge in [0.15, 0.2) is 11.5 Å². The van der Waals surface area contributed by atoms with Crippen LogP contribution < -0.4 is 10.7 Å². The quantitative estimate of drug-likeness (QED) is 0.312. The smallest absolute Gasteiger partial charge is 0.271 e. The van der Waals surface area contributed by atoms with Crippen molar-refractivity contribution in [2.75, 3.05) is 5.32 Å². The Balaban J connectivity index is 1.58. The maximum absolute atomic E-state index is 12.1. The zero-order chi connectivity index (χ0) is 19.9. The van der Waals surface area contributed by atoms with Gasteiger partial charge < -0.3 is 15.5 Å². The second kappa shape index (κ2) is 8.50. The molecule has 0 spiro atoms. The fraction of sp³-hybridized carbons (Fsp3) is 0. The summed E-state index contributed by atoms with van der Waals surface area (Å²) in [6, 6.07) is 19.4. The van der Waals surface area contributed by atoms with Crippen molar-refractivity contribution < 1.29 is 19.8 Å². The number of aromatic hydroxyl groups is 2. The zero-order valence-corrected chi connectivity index (χ0v) is 14.7. The van der Waals surface area contributed by atoms with Crippen molar-refractivity contribution in [3.8, 4) is 11.5 Å². The summed E-state index contributed by atoms with van der Waals surface area (Å²) in [7, 11) is 0. The summed E-state index contributed by atoms with van der Waals surface area (Å²) in [5.74, 6) is -1.18. The van der Waals surface area contributed by atoms with Crippen molar-refractivity contribution in [2.24, 2.45) is 5.10 Å². The highest BCUT2D eigenvalue weighted by molar-refractivity contribution is 6.04. The molecule has 0 radical (unpaired) electrons. The number of carbonyl (C=O) groups is 2. The third-order valence-corrected chi connectivity index (χ3v) is 3.82. The average molecular weight is 375 g/mol. The summed E-state index contributed by atoms with van der Waals surface area (Å²) in [6.45, 7) is 0. The van der Waals surface area contributed by atoms with Crippen molar-refractivity contribution in [1.29, 1.82) is 0 Å². The van der Waals surface area contributed by atoms with Crippen LogP contribution in [0.15, 0.2) is 77.9 Å². The van der Waals surface area contributed by atoms with Crippen LogP contribution in [0.25, 0.3) is 0 Å². The van der Waals surface area contributed by atoms with Gasteiger partial charge in [0.25, 0.3) is 11.8 Å². The number of nitrogens with zero attached hydrogens (tertiary/aromatic N) is 1. The van der Waals surface area contributed by atoms with Crippen LogP contribution in [-0.4, -0.2) is 28.2 Å². The molecule has 4 N–H and O–H groups in total. The molecule has 0 aliphatic heterocycles. The van der Waals surface area contributed by atoms with Gasteiger partial charge in [-0.15, -0.1) is 0 Å². The van der Waals surface area contributed by atoms with Gasteiger partial charge in [0.05, 0.1) is 6.21 Å². The first-order valence-electron chi connectivity index (χ1n) is 8.35. The van der Waals surface area contributed by atoms with E-state index in [-0.39, 0.29) is 17.4 Å². The van der Waals surface area contributed by atoms with E-state index < -0.39 is 5.91 Å². The molecule has 140 valence electrons. The van der Waals surface area contributed by atoms with Crippen LogP contribution in [0.5, 0.6) is 11.5 Å². The van der Waals surface area contributed by atoms with Crippen LogP contribution in [0.2, 0.25) is 0 Å². The molecular weight excluding hydrogens is 358 g/mol. The molecule has 0 heterocycles. The molecule has 2 amide bonds. The minimum atomic E-state index is -0.430. The van der Waals surface area contributed by atoms with Crippen LogP contribution >= 0.6 is 0 Å². The lowest BCUT2D eigenvalue weighted by Gasteiger charge is -2.06. The van der Waals surface area contributed by atoms with Crippen molar-refractivity contribution in [1.82, 2.24) is 5.43 Å². The second-order valence-electron chi connectivity index (χ2n) is 5.84. The predicted octanol–water partition coefficient (Wildman–Crippen LogP) is 3.11. The topological polar surface area (TPSA) is 111 Å². The molecule has 3 aromatic carbocycles. The number of phenolic OH excluding ortho intramolecular Hbond substituents is 2. The lowest BCUT2D eigenvalue weighted by atomic mass is 10.1. The van der Waals surface area contributed by atoms with Gasteiger partial charge in [-0.1, -0.05) is 18.2 Å². The van der Waals surface area contributed by atoms with Crippen molar-refractivity contribution in [3.05, 3.63) is 89.5 Å². The van der Waals surface area contributed by atoms with Gasteiger partial charge in [0.2, 0.25) is 0 Å². The Bertz CT molecular complexity index is 1020. The van der Waals surface area contributed by atoms with Gasteiger partial charge >= 0.3 is 0 Å². The third-order valence-electron chi connectivity index (χ3n) is 3.82. The lowest BCUT2D eigenvalue weighted by Crippen LogP contribution is -2.17. The largest absolute Gasteiger partial charge is 0.504 e. The fourth-order valence-corrected chi connectivity index (χ4v) is 2.35. The summed E-state index contributed by atoms with van der Waals surface area (Å²) in [4.78, 5) is 24.2. The number of hydrazone groups is 1. The van der Waals surface area contributed by atoms with Crippen molar-refractivity contribution in [3.63, 3.8) is 0 Å². The molecule has 28 heavy (non-hydrogen) atoms. The monoisotopic (exact) mass is 375 g/mol. The van der Waals surface area contributed by atoms with Crippen molar-refractivity contribution in [2.45, 2.75) is 0 Å². The highest BCUT2D eigenvalue weighted by Gasteiger charge is 2.07. The molecule has 3 aromatic rings. The minimum Gasteiger partial charge on any atom is -0.504 e. The van der Waals surface area contributed by atoms with E-state index in [0.717, 1.165) is 0 Å². The molecule has 0 saturated carbocycles. The molecule has 0 bridgehead atoms. The van der Waals surface area contributed by atoms with E-state index in [9.17, 15) is 19.8 Å². The Morgan fingerprint density at radius 1 is 0.786 bits per heavy atom. The molecule has 0 unspecified atom stereocenters. The van der Waals surface area contributed by atoms with Crippen LogP contribution in [0.3, 0.4) is 0 Å². The second-order valence-corrected chi connectivity index (χ2v) is 5.84. The fourth-order valence-electron chi connectivity index (χ4n) is 2.35. The van der Waals surface area contributed by atoms with Crippen LogP contribution in [0.4, 0.5) is 5.69 Å². The Kier molecular flexibility index (Phi) is 5.66. The van der Waals surface area contributed by atoms with E-state index >= 15 is 0 Å². The molecule has 7 heteroatoms. The number of anilines is 1. The Morgan fingerprint density at radius 3 is 2.14 bits per heavy atom. The summed E-state index contributed by atoms with van der Waals surface area (Å²) in [6.07, 6.45) is 1.34. The van der Waals surface area contributed by atoms with Gasteiger partial charge in [0.1, 0.15) is 0 Å². The Morgan fingerprint density at radius 2 is 1.46 bits per heavy atom. The summed E-state index contributed by atoms with van der Waals surface area (Å²) < 4.78 is 0. The van der Waals surface area contributed by atoms with E-state index in [1.54, 1.807) is 48.5 Å². The minimum absolute atomic E-state index is 0.236. The number of carbonyl (C=O) groups excluding carboxylic acids is 2. The van der Waals surface area contributed by atoms with E-state index in [2.05, 4.69) is 15.8 Å². The number of phenols is 2. The number of hydrogen-bond donors (Lipinski definition) is 4. The van der Waals surface area contributed by atoms with E-state index in [4.69, 9.17) is 0 Å². The maximum Gasteiger partial charge on any atom is 0.271 e. The normalized spacial score (nSPS) is 10.6. The number of rotatable bonds is 5. The first-order valence-corrected chi connectivity index (χ1v) is 8.35. The standard InChI is InChI=1S/C21H17N3O4/c25-18-11-6-14(12-19(18)26)13-22-24-21(28)16-7-9-17(10-8-16)23-20(27)15-4-2-1-3-5-15/h1-13,25-26H,(H,23,27)(H,24,28)/b22-13-. The summed E-state index contributed by atoms with van der Waals surface area (Å²) >= 11 is 0. The van der Waals surface area contributed by atoms with Crippen LogP contribution in [0.1, 0.15) is 26.3 Å². The number of amides is 2. The van der Waals surface area contributed by atoms with Crippen LogP contribution in [-0.2, 0) is 0 Å². The van der Waals surface area contributed by atoms with Gasteiger partial charge in [-0.05, 0) is 60.2 Å². The lowest BCUT2D eigenvalue weighted by molar-refractivity contribution is 0.0954. The molecule has 0 atom stereocenters. The zero-order valence-electron chi connectivity index (χ0n) is 14.7. The average Bonchev–Trinajstić information content (AvgIpc) is 2.71.